The number of nitrogens with one attached hydrogen (secondary N) is 2. The summed E-state index contributed by atoms with van der Waals surface area (Å²) >= 11 is 0. The van der Waals surface area contributed by atoms with Crippen molar-refractivity contribution in [1.29, 1.82) is 0 Å². The summed E-state index contributed by atoms with van der Waals surface area (Å²) in [4.78, 5) is 36.0. The predicted octanol–water partition coefficient (Wildman–Crippen LogP) is 1.08. The van der Waals surface area contributed by atoms with Crippen molar-refractivity contribution in [2.75, 3.05) is 7.05 Å². The van der Waals surface area contributed by atoms with E-state index in [0.29, 0.717) is 11.3 Å². The van der Waals surface area contributed by atoms with Crippen LogP contribution in [0.3, 0.4) is 0 Å². The first kappa shape index (κ1) is 17.2. The molecule has 2 rings (SSSR count). The van der Waals surface area contributed by atoms with Gasteiger partial charge in [0.05, 0.1) is 6.20 Å². The number of aromatic nitrogens is 2. The van der Waals surface area contributed by atoms with Gasteiger partial charge < -0.3 is 10.1 Å². The van der Waals surface area contributed by atoms with Crippen LogP contribution in [0.25, 0.3) is 0 Å². The summed E-state index contributed by atoms with van der Waals surface area (Å²) in [6.07, 6.45) is 0.117. The first-order chi connectivity index (χ1) is 11.4. The summed E-state index contributed by atoms with van der Waals surface area (Å²) in [6.45, 7) is 1.71. The molecule has 0 fully saturated rings. The Bertz CT molecular complexity index is 755. The third-order valence-electron chi connectivity index (χ3n) is 3.48. The molecule has 0 saturated carbocycles. The third kappa shape index (κ3) is 3.78. The van der Waals surface area contributed by atoms with E-state index in [2.05, 4.69) is 15.7 Å². The Kier molecular flexibility index (Phi) is 5.31. The summed E-state index contributed by atoms with van der Waals surface area (Å²) in [5.41, 5.74) is 1.32. The number of carbonyl (C=O) groups excluding carboxylic acids is 3. The van der Waals surface area contributed by atoms with Crippen LogP contribution in [0.4, 0.5) is 4.79 Å². The molecule has 1 aromatic carbocycles. The van der Waals surface area contributed by atoms with Gasteiger partial charge in [-0.1, -0.05) is 30.3 Å². The fourth-order valence-corrected chi connectivity index (χ4v) is 2.01. The third-order valence-corrected chi connectivity index (χ3v) is 3.48. The van der Waals surface area contributed by atoms with E-state index >= 15 is 0 Å². The molecule has 0 spiro atoms. The van der Waals surface area contributed by atoms with E-state index in [9.17, 15) is 14.4 Å². The number of benzene rings is 1. The van der Waals surface area contributed by atoms with Crippen LogP contribution in [0.1, 0.15) is 27.7 Å². The number of aryl methyl sites for hydroxylation is 1. The van der Waals surface area contributed by atoms with Gasteiger partial charge in [-0.2, -0.15) is 5.10 Å². The van der Waals surface area contributed by atoms with Gasteiger partial charge in [0.15, 0.2) is 0 Å². The summed E-state index contributed by atoms with van der Waals surface area (Å²) < 4.78 is 6.87. The minimum Gasteiger partial charge on any atom is -0.444 e. The molecule has 0 radical (unpaired) electrons. The molecule has 8 nitrogen and oxygen atoms in total. The van der Waals surface area contributed by atoms with Crippen molar-refractivity contribution in [3.05, 3.63) is 53.3 Å². The predicted molar refractivity (Wildman–Crippen MR) is 85.1 cm³/mol. The Labute approximate surface area is 138 Å². The first-order valence-corrected chi connectivity index (χ1v) is 7.21. The molecular weight excluding hydrogens is 312 g/mol. The molecule has 1 aromatic heterocycles. The molecule has 1 unspecified atom stereocenters. The van der Waals surface area contributed by atoms with E-state index in [0.717, 1.165) is 0 Å². The molecule has 8 heteroatoms. The van der Waals surface area contributed by atoms with Crippen molar-refractivity contribution in [1.82, 2.24) is 20.4 Å². The van der Waals surface area contributed by atoms with Crippen LogP contribution < -0.4 is 10.6 Å². The monoisotopic (exact) mass is 330 g/mol. The molecule has 0 bridgehead atoms. The number of rotatable bonds is 4. The summed E-state index contributed by atoms with van der Waals surface area (Å²) in [5, 5.41) is 8.37. The van der Waals surface area contributed by atoms with Gasteiger partial charge in [-0.3, -0.25) is 14.8 Å². The number of urea groups is 1. The van der Waals surface area contributed by atoms with Gasteiger partial charge in [0.2, 0.25) is 6.10 Å². The second-order valence-corrected chi connectivity index (χ2v) is 5.03. The van der Waals surface area contributed by atoms with Crippen LogP contribution >= 0.6 is 0 Å². The van der Waals surface area contributed by atoms with Crippen molar-refractivity contribution in [2.24, 2.45) is 7.05 Å². The minimum absolute atomic E-state index is 0.256. The van der Waals surface area contributed by atoms with Crippen LogP contribution in [-0.2, 0) is 16.6 Å². The lowest BCUT2D eigenvalue weighted by Gasteiger charge is -2.17. The second kappa shape index (κ2) is 7.40. The van der Waals surface area contributed by atoms with Crippen molar-refractivity contribution < 1.29 is 19.1 Å². The maximum absolute atomic E-state index is 12.4. The number of carbonyl (C=O) groups is 3. The van der Waals surface area contributed by atoms with Crippen LogP contribution in [0.5, 0.6) is 0 Å². The van der Waals surface area contributed by atoms with E-state index in [1.165, 1.54) is 17.9 Å². The second-order valence-electron chi connectivity index (χ2n) is 5.03. The van der Waals surface area contributed by atoms with Gasteiger partial charge in [0.25, 0.3) is 5.91 Å². The molecule has 2 N–H and O–H groups in total. The number of esters is 1. The Hall–Kier alpha value is -3.16. The number of hydrogen-bond donors (Lipinski definition) is 2. The average molecular weight is 330 g/mol. The molecule has 1 heterocycles. The zero-order valence-corrected chi connectivity index (χ0v) is 13.6. The highest BCUT2D eigenvalue weighted by atomic mass is 16.5. The average Bonchev–Trinajstić information content (AvgIpc) is 2.92. The van der Waals surface area contributed by atoms with Crippen molar-refractivity contribution in [3.63, 3.8) is 0 Å². The van der Waals surface area contributed by atoms with E-state index in [1.54, 1.807) is 44.3 Å². The highest BCUT2D eigenvalue weighted by Crippen LogP contribution is 2.20. The smallest absolute Gasteiger partial charge is 0.342 e. The van der Waals surface area contributed by atoms with Crippen molar-refractivity contribution >= 4 is 17.9 Å². The Morgan fingerprint density at radius 2 is 1.88 bits per heavy atom. The van der Waals surface area contributed by atoms with Crippen LogP contribution in [0, 0.1) is 6.92 Å². The first-order valence-electron chi connectivity index (χ1n) is 7.21. The fourth-order valence-electron chi connectivity index (χ4n) is 2.01. The molecule has 0 aliphatic heterocycles. The fraction of sp³-hybridized carbons (Fsp3) is 0.250. The zero-order chi connectivity index (χ0) is 17.7. The van der Waals surface area contributed by atoms with Crippen LogP contribution in [0.15, 0.2) is 36.5 Å². The maximum atomic E-state index is 12.4. The lowest BCUT2D eigenvalue weighted by atomic mass is 10.1. The number of imide groups is 1. The summed E-state index contributed by atoms with van der Waals surface area (Å²) in [6, 6.07) is 7.77. The molecule has 126 valence electrons. The topological polar surface area (TPSA) is 102 Å². The molecule has 3 amide bonds. The maximum Gasteiger partial charge on any atom is 0.342 e. The highest BCUT2D eigenvalue weighted by molar-refractivity contribution is 5.99. The minimum atomic E-state index is -1.25. The summed E-state index contributed by atoms with van der Waals surface area (Å²) in [5.74, 6) is -1.43. The van der Waals surface area contributed by atoms with Crippen molar-refractivity contribution in [2.45, 2.75) is 13.0 Å². The molecular formula is C16H18N4O4. The lowest BCUT2D eigenvalue weighted by molar-refractivity contribution is -0.129. The van der Waals surface area contributed by atoms with Gasteiger partial charge in [0.1, 0.15) is 5.56 Å². The van der Waals surface area contributed by atoms with Crippen LogP contribution in [0.2, 0.25) is 0 Å². The number of nitrogens with zero attached hydrogens (tertiary/aromatic N) is 2. The molecule has 2 aromatic rings. The van der Waals surface area contributed by atoms with Crippen molar-refractivity contribution in [3.8, 4) is 0 Å². The highest BCUT2D eigenvalue weighted by Gasteiger charge is 2.28. The van der Waals surface area contributed by atoms with Gasteiger partial charge in [-0.15, -0.1) is 0 Å². The van der Waals surface area contributed by atoms with E-state index in [1.807, 2.05) is 0 Å². The number of amides is 3. The normalized spacial score (nSPS) is 11.5. The Morgan fingerprint density at radius 3 is 2.42 bits per heavy atom. The molecule has 1 atom stereocenters. The molecule has 0 saturated heterocycles. The quantitative estimate of drug-likeness (QED) is 0.817. The molecule has 0 aliphatic carbocycles. The standard InChI is InChI=1S/C16H18N4O4/c1-10-12(9-18-20(10)3)15(22)24-13(11-7-5-4-6-8-11)14(21)19-16(23)17-2/h4-9,13H,1-3H3,(H2,17,19,21,23). The lowest BCUT2D eigenvalue weighted by Crippen LogP contribution is -2.41. The van der Waals surface area contributed by atoms with E-state index in [4.69, 9.17) is 4.74 Å². The molecule has 24 heavy (non-hydrogen) atoms. The molecule has 0 aliphatic rings. The largest absolute Gasteiger partial charge is 0.444 e. The SMILES string of the molecule is CNC(=O)NC(=O)C(OC(=O)c1cnn(C)c1C)c1ccccc1. The Morgan fingerprint density at radius 1 is 1.21 bits per heavy atom. The van der Waals surface area contributed by atoms with Crippen LogP contribution in [-0.4, -0.2) is 34.7 Å². The number of ether oxygens (including phenoxy) is 1. The van der Waals surface area contributed by atoms with E-state index in [-0.39, 0.29) is 5.56 Å². The zero-order valence-electron chi connectivity index (χ0n) is 13.6. The van der Waals surface area contributed by atoms with Gasteiger partial charge in [-0.05, 0) is 6.92 Å². The van der Waals surface area contributed by atoms with E-state index < -0.39 is 24.0 Å². The summed E-state index contributed by atoms with van der Waals surface area (Å²) in [7, 11) is 3.07. The van der Waals surface area contributed by atoms with Gasteiger partial charge in [-0.25, -0.2) is 9.59 Å². The van der Waals surface area contributed by atoms with Gasteiger partial charge in [0, 0.05) is 25.4 Å². The van der Waals surface area contributed by atoms with Gasteiger partial charge >= 0.3 is 12.0 Å². The number of hydrogen-bond acceptors (Lipinski definition) is 5. The Balaban J connectivity index is 2.26.